The number of amides is 1. The molecule has 0 aliphatic carbocycles. The van der Waals surface area contributed by atoms with Crippen molar-refractivity contribution in [2.24, 2.45) is 17.8 Å². The summed E-state index contributed by atoms with van der Waals surface area (Å²) in [6.07, 6.45) is -0.363. The van der Waals surface area contributed by atoms with Crippen molar-refractivity contribution in [3.05, 3.63) is 83.9 Å². The summed E-state index contributed by atoms with van der Waals surface area (Å²) in [5.74, 6) is 1.94. The van der Waals surface area contributed by atoms with Crippen LogP contribution in [-0.4, -0.2) is 63.7 Å². The second kappa shape index (κ2) is 19.4. The number of hydrogen-bond acceptors (Lipinski definition) is 9. The van der Waals surface area contributed by atoms with Crippen molar-refractivity contribution in [1.82, 2.24) is 0 Å². The van der Waals surface area contributed by atoms with Gasteiger partial charge < -0.3 is 38.8 Å². The molecule has 2 N–H and O–H groups in total. The molecule has 46 heavy (non-hydrogen) atoms. The van der Waals surface area contributed by atoms with Crippen LogP contribution in [0.2, 0.25) is 0 Å². The number of nitrogens with one attached hydrogen (secondary N) is 1. The summed E-state index contributed by atoms with van der Waals surface area (Å²) in [5.41, 5.74) is 1.66. The van der Waals surface area contributed by atoms with E-state index >= 15 is 0 Å². The van der Waals surface area contributed by atoms with E-state index in [1.165, 1.54) is 0 Å². The highest BCUT2D eigenvalue weighted by Crippen LogP contribution is 2.24. The van der Waals surface area contributed by atoms with Gasteiger partial charge in [-0.15, -0.1) is 0 Å². The summed E-state index contributed by atoms with van der Waals surface area (Å²) in [7, 11) is 1.57. The highest BCUT2D eigenvalue weighted by molar-refractivity contribution is 6.04. The van der Waals surface area contributed by atoms with Gasteiger partial charge in [0.15, 0.2) is 0 Å². The molecular formula is C36H47NO9. The van der Waals surface area contributed by atoms with Crippen molar-refractivity contribution in [1.29, 1.82) is 0 Å². The van der Waals surface area contributed by atoms with Crippen LogP contribution in [0.3, 0.4) is 0 Å². The minimum absolute atomic E-state index is 0.0866. The number of benzene rings is 3. The Hall–Kier alpha value is -4.12. The molecule has 0 radical (unpaired) electrons. The highest BCUT2D eigenvalue weighted by atomic mass is 16.6. The van der Waals surface area contributed by atoms with E-state index < -0.39 is 6.29 Å². The molecule has 10 heteroatoms. The average Bonchev–Trinajstić information content (AvgIpc) is 3.05. The van der Waals surface area contributed by atoms with Gasteiger partial charge in [-0.25, -0.2) is 0 Å². The topological polar surface area (TPSA) is 122 Å². The van der Waals surface area contributed by atoms with Gasteiger partial charge in [-0.3, -0.25) is 9.59 Å². The smallest absolute Gasteiger partial charge is 0.309 e. The van der Waals surface area contributed by atoms with Crippen molar-refractivity contribution in [2.45, 2.75) is 40.4 Å². The normalized spacial score (nSPS) is 12.4. The molecule has 250 valence electrons. The van der Waals surface area contributed by atoms with Crippen LogP contribution in [0.1, 0.15) is 56.3 Å². The van der Waals surface area contributed by atoms with E-state index in [9.17, 15) is 14.7 Å². The number of aliphatic hydroxyl groups excluding tert-OH is 1. The fraction of sp³-hybridized carbons (Fsp3) is 0.444. The van der Waals surface area contributed by atoms with E-state index in [0.29, 0.717) is 73.0 Å². The van der Waals surface area contributed by atoms with Crippen LogP contribution in [0.4, 0.5) is 5.69 Å². The molecule has 3 rings (SSSR count). The Morgan fingerprint density at radius 3 is 1.87 bits per heavy atom. The third kappa shape index (κ3) is 12.7. The Labute approximate surface area is 271 Å². The second-order valence-corrected chi connectivity index (χ2v) is 11.5. The van der Waals surface area contributed by atoms with E-state index in [2.05, 4.69) is 19.2 Å². The lowest BCUT2D eigenvalue weighted by molar-refractivity contribution is -0.152. The lowest BCUT2D eigenvalue weighted by atomic mass is 9.88. The standard InChI is InChI=1S/C36H47NO9/c1-25(2)24-33(26(3)4)36(40)45-23-21-43-19-18-42-20-22-44-31-14-8-28(9-15-31)35(39)46-32-16-10-29(11-17-32)37-34(38)27-6-12-30(41-5)13-7-27/h6-17,25-26,33,35,39H,18-24H2,1-5H3,(H,37,38). The molecule has 0 spiro atoms. The van der Waals surface area contributed by atoms with Crippen LogP contribution >= 0.6 is 0 Å². The van der Waals surface area contributed by atoms with Crippen molar-refractivity contribution < 1.29 is 43.1 Å². The van der Waals surface area contributed by atoms with E-state index in [0.717, 1.165) is 6.42 Å². The number of carbonyl (C=O) groups is 2. The third-order valence-corrected chi connectivity index (χ3v) is 7.05. The number of hydrogen-bond donors (Lipinski definition) is 2. The first-order valence-corrected chi connectivity index (χ1v) is 15.6. The molecule has 0 aromatic heterocycles. The monoisotopic (exact) mass is 637 g/mol. The first-order valence-electron chi connectivity index (χ1n) is 15.6. The van der Waals surface area contributed by atoms with E-state index in [1.807, 2.05) is 13.8 Å². The Morgan fingerprint density at radius 2 is 1.28 bits per heavy atom. The summed E-state index contributed by atoms with van der Waals surface area (Å²) < 4.78 is 32.9. The molecule has 2 atom stereocenters. The molecule has 3 aromatic carbocycles. The summed E-state index contributed by atoms with van der Waals surface area (Å²) in [4.78, 5) is 24.8. The van der Waals surface area contributed by atoms with Gasteiger partial charge in [0.1, 0.15) is 30.5 Å². The molecule has 0 saturated heterocycles. The molecule has 1 amide bonds. The van der Waals surface area contributed by atoms with Crippen LogP contribution in [0.25, 0.3) is 0 Å². The number of rotatable bonds is 20. The molecule has 2 unspecified atom stereocenters. The van der Waals surface area contributed by atoms with Gasteiger partial charge in [-0.05, 0) is 91.1 Å². The van der Waals surface area contributed by atoms with E-state index in [4.69, 9.17) is 28.4 Å². The average molecular weight is 638 g/mol. The van der Waals surface area contributed by atoms with Crippen LogP contribution in [-0.2, 0) is 19.0 Å². The van der Waals surface area contributed by atoms with Crippen LogP contribution < -0.4 is 19.5 Å². The SMILES string of the molecule is COc1ccc(C(=O)Nc2ccc(OC(O)c3ccc(OCCOCCOCCOC(=O)C(CC(C)C)C(C)C)cc3)cc2)cc1. The summed E-state index contributed by atoms with van der Waals surface area (Å²) >= 11 is 0. The summed E-state index contributed by atoms with van der Waals surface area (Å²) in [5, 5.41) is 13.4. The largest absolute Gasteiger partial charge is 0.497 e. The number of esters is 1. The Kier molecular flexibility index (Phi) is 15.3. The number of carbonyl (C=O) groups excluding carboxylic acids is 2. The van der Waals surface area contributed by atoms with Crippen LogP contribution in [0, 0.1) is 17.8 Å². The fourth-order valence-corrected chi connectivity index (χ4v) is 4.49. The molecule has 0 bridgehead atoms. The zero-order valence-corrected chi connectivity index (χ0v) is 27.4. The molecule has 0 aliphatic rings. The Balaban J connectivity index is 1.27. The number of anilines is 1. The van der Waals surface area contributed by atoms with Gasteiger partial charge in [-0.1, -0.05) is 27.7 Å². The van der Waals surface area contributed by atoms with E-state index in [1.54, 1.807) is 79.9 Å². The summed E-state index contributed by atoms with van der Waals surface area (Å²) in [6, 6.07) is 20.5. The minimum atomic E-state index is -1.18. The van der Waals surface area contributed by atoms with Crippen molar-refractivity contribution in [2.75, 3.05) is 52.1 Å². The van der Waals surface area contributed by atoms with Gasteiger partial charge in [0, 0.05) is 16.8 Å². The van der Waals surface area contributed by atoms with Gasteiger partial charge in [0.2, 0.25) is 6.29 Å². The Morgan fingerprint density at radius 1 is 0.717 bits per heavy atom. The first-order chi connectivity index (χ1) is 22.2. The minimum Gasteiger partial charge on any atom is -0.497 e. The maximum absolute atomic E-state index is 12.5. The fourth-order valence-electron chi connectivity index (χ4n) is 4.49. The maximum atomic E-state index is 12.5. The van der Waals surface area contributed by atoms with Gasteiger partial charge in [-0.2, -0.15) is 0 Å². The molecule has 0 fully saturated rings. The van der Waals surface area contributed by atoms with Crippen molar-refractivity contribution in [3.63, 3.8) is 0 Å². The van der Waals surface area contributed by atoms with Crippen LogP contribution in [0.5, 0.6) is 17.2 Å². The van der Waals surface area contributed by atoms with Gasteiger partial charge in [0.25, 0.3) is 5.91 Å². The maximum Gasteiger partial charge on any atom is 0.309 e. The van der Waals surface area contributed by atoms with Gasteiger partial charge >= 0.3 is 5.97 Å². The predicted molar refractivity (Wildman–Crippen MR) is 175 cm³/mol. The van der Waals surface area contributed by atoms with Gasteiger partial charge in [0.05, 0.1) is 39.5 Å². The number of aliphatic hydroxyl groups is 1. The summed E-state index contributed by atoms with van der Waals surface area (Å²) in [6.45, 7) is 10.4. The highest BCUT2D eigenvalue weighted by Gasteiger charge is 2.24. The molecule has 10 nitrogen and oxygen atoms in total. The molecule has 0 aliphatic heterocycles. The van der Waals surface area contributed by atoms with Crippen molar-refractivity contribution in [3.8, 4) is 17.2 Å². The Bertz CT molecular complexity index is 1310. The molecule has 0 heterocycles. The predicted octanol–water partition coefficient (Wildman–Crippen LogP) is 6.29. The quantitative estimate of drug-likeness (QED) is 0.0836. The zero-order chi connectivity index (χ0) is 33.3. The molecular weight excluding hydrogens is 590 g/mol. The zero-order valence-electron chi connectivity index (χ0n) is 27.4. The first kappa shape index (κ1) is 36.3. The number of methoxy groups -OCH3 is 1. The molecule has 3 aromatic rings. The lowest BCUT2D eigenvalue weighted by Gasteiger charge is -2.21. The van der Waals surface area contributed by atoms with Crippen molar-refractivity contribution >= 4 is 17.6 Å². The van der Waals surface area contributed by atoms with Crippen LogP contribution in [0.15, 0.2) is 72.8 Å². The molecule has 0 saturated carbocycles. The second-order valence-electron chi connectivity index (χ2n) is 11.5. The lowest BCUT2D eigenvalue weighted by Crippen LogP contribution is -2.25. The third-order valence-electron chi connectivity index (χ3n) is 7.05. The number of ether oxygens (including phenoxy) is 6. The van der Waals surface area contributed by atoms with E-state index in [-0.39, 0.29) is 30.3 Å².